The molecule has 21 heavy (non-hydrogen) atoms. The zero-order valence-electron chi connectivity index (χ0n) is 12.8. The first-order chi connectivity index (χ1) is 10.1. The molecule has 0 heterocycles. The Labute approximate surface area is 126 Å². The van der Waals surface area contributed by atoms with Gasteiger partial charge >= 0.3 is 0 Å². The van der Waals surface area contributed by atoms with Crippen molar-refractivity contribution in [3.63, 3.8) is 0 Å². The topological polar surface area (TPSA) is 21.3 Å². The largest absolute Gasteiger partial charge is 0.489 e. The molecule has 2 aromatic rings. The number of hydrogen-bond donors (Lipinski definition) is 1. The second-order valence-corrected chi connectivity index (χ2v) is 5.50. The van der Waals surface area contributed by atoms with Gasteiger partial charge in [-0.3, -0.25) is 0 Å². The molecule has 2 rings (SSSR count). The van der Waals surface area contributed by atoms with E-state index in [0.29, 0.717) is 6.42 Å². The average Bonchev–Trinajstić information content (AvgIpc) is 2.43. The van der Waals surface area contributed by atoms with Crippen molar-refractivity contribution in [1.82, 2.24) is 0 Å². The zero-order valence-corrected chi connectivity index (χ0v) is 12.8. The molecule has 0 saturated carbocycles. The molecule has 0 amide bonds. The highest BCUT2D eigenvalue weighted by atomic mass is 19.1. The summed E-state index contributed by atoms with van der Waals surface area (Å²) >= 11 is 0. The Hall–Kier alpha value is -2.03. The number of benzene rings is 2. The lowest BCUT2D eigenvalue weighted by atomic mass is 10.1. The zero-order chi connectivity index (χ0) is 15.2. The minimum atomic E-state index is -0.155. The van der Waals surface area contributed by atoms with Crippen LogP contribution in [0.5, 0.6) is 5.75 Å². The van der Waals surface area contributed by atoms with E-state index in [2.05, 4.69) is 5.32 Å². The highest BCUT2D eigenvalue weighted by molar-refractivity contribution is 5.56. The van der Waals surface area contributed by atoms with Crippen LogP contribution in [0.2, 0.25) is 0 Å². The van der Waals surface area contributed by atoms with Gasteiger partial charge < -0.3 is 10.1 Å². The van der Waals surface area contributed by atoms with Crippen LogP contribution in [-0.4, -0.2) is 12.1 Å². The van der Waals surface area contributed by atoms with Crippen LogP contribution in [0.15, 0.2) is 48.5 Å². The summed E-state index contributed by atoms with van der Waals surface area (Å²) in [7, 11) is 0. The molecule has 2 nitrogen and oxygen atoms in total. The first-order valence-corrected chi connectivity index (χ1v) is 7.32. The molecule has 0 fully saturated rings. The number of rotatable bonds is 6. The van der Waals surface area contributed by atoms with Crippen molar-refractivity contribution >= 4 is 5.69 Å². The Morgan fingerprint density at radius 3 is 2.38 bits per heavy atom. The molecule has 0 saturated heterocycles. The summed E-state index contributed by atoms with van der Waals surface area (Å²) in [5.74, 6) is 0.672. The van der Waals surface area contributed by atoms with Gasteiger partial charge in [0.1, 0.15) is 11.6 Å². The van der Waals surface area contributed by atoms with Gasteiger partial charge in [0.15, 0.2) is 0 Å². The van der Waals surface area contributed by atoms with Crippen molar-refractivity contribution in [3.05, 3.63) is 59.9 Å². The van der Waals surface area contributed by atoms with Gasteiger partial charge in [-0.2, -0.15) is 0 Å². The molecule has 0 aromatic heterocycles. The van der Waals surface area contributed by atoms with Crippen molar-refractivity contribution in [2.75, 3.05) is 5.32 Å². The van der Waals surface area contributed by atoms with Crippen molar-refractivity contribution in [2.45, 2.75) is 39.3 Å². The molecule has 0 aliphatic carbocycles. The molecule has 112 valence electrons. The fourth-order valence-electron chi connectivity index (χ4n) is 2.25. The molecular formula is C18H22FNO. The van der Waals surface area contributed by atoms with E-state index in [1.807, 2.05) is 57.2 Å². The van der Waals surface area contributed by atoms with E-state index in [4.69, 9.17) is 4.74 Å². The predicted octanol–water partition coefficient (Wildman–Crippen LogP) is 4.66. The fraction of sp³-hybridized carbons (Fsp3) is 0.333. The first-order valence-electron chi connectivity index (χ1n) is 7.32. The van der Waals surface area contributed by atoms with Crippen molar-refractivity contribution < 1.29 is 9.13 Å². The maximum absolute atomic E-state index is 13.7. The molecule has 0 radical (unpaired) electrons. The molecule has 0 bridgehead atoms. The summed E-state index contributed by atoms with van der Waals surface area (Å²) in [5.41, 5.74) is 1.66. The third-order valence-electron chi connectivity index (χ3n) is 3.14. The van der Waals surface area contributed by atoms with Crippen LogP contribution in [0.25, 0.3) is 0 Å². The number of halogens is 1. The summed E-state index contributed by atoms with van der Waals surface area (Å²) in [5, 5.41) is 3.40. The van der Waals surface area contributed by atoms with Crippen molar-refractivity contribution in [1.29, 1.82) is 0 Å². The van der Waals surface area contributed by atoms with Crippen LogP contribution >= 0.6 is 0 Å². The minimum Gasteiger partial charge on any atom is -0.489 e. The van der Waals surface area contributed by atoms with E-state index in [9.17, 15) is 4.39 Å². The van der Waals surface area contributed by atoms with Crippen LogP contribution in [0.1, 0.15) is 26.3 Å². The highest BCUT2D eigenvalue weighted by Gasteiger charge is 2.10. The molecule has 0 aliphatic heterocycles. The van der Waals surface area contributed by atoms with Crippen molar-refractivity contribution in [3.8, 4) is 5.75 Å². The third kappa shape index (κ3) is 4.48. The van der Waals surface area contributed by atoms with Crippen LogP contribution < -0.4 is 10.1 Å². The Bertz CT molecular complexity index is 583. The SMILES string of the molecule is CC(Cc1ccccc1F)Nc1ccccc1OC(C)C. The first kappa shape index (κ1) is 15.4. The molecule has 1 unspecified atom stereocenters. The second-order valence-electron chi connectivity index (χ2n) is 5.50. The Balaban J connectivity index is 2.06. The lowest BCUT2D eigenvalue weighted by Gasteiger charge is -2.20. The maximum Gasteiger partial charge on any atom is 0.142 e. The lowest BCUT2D eigenvalue weighted by Crippen LogP contribution is -2.19. The van der Waals surface area contributed by atoms with Gasteiger partial charge in [-0.05, 0) is 51.0 Å². The van der Waals surface area contributed by atoms with Crippen molar-refractivity contribution in [2.24, 2.45) is 0 Å². The Morgan fingerprint density at radius 1 is 1.00 bits per heavy atom. The van der Waals surface area contributed by atoms with Crippen LogP contribution in [0.3, 0.4) is 0 Å². The number of hydrogen-bond acceptors (Lipinski definition) is 2. The van der Waals surface area contributed by atoms with E-state index in [-0.39, 0.29) is 18.0 Å². The molecule has 3 heteroatoms. The summed E-state index contributed by atoms with van der Waals surface area (Å²) in [6.45, 7) is 6.04. The highest BCUT2D eigenvalue weighted by Crippen LogP contribution is 2.26. The minimum absolute atomic E-state index is 0.110. The maximum atomic E-state index is 13.7. The van der Waals surface area contributed by atoms with Gasteiger partial charge in [0.2, 0.25) is 0 Å². The van der Waals surface area contributed by atoms with Crippen LogP contribution in [0.4, 0.5) is 10.1 Å². The molecule has 0 aliphatic rings. The van der Waals surface area contributed by atoms with Gasteiger partial charge in [0.05, 0.1) is 11.8 Å². The summed E-state index contributed by atoms with van der Waals surface area (Å²) in [4.78, 5) is 0. The number of para-hydroxylation sites is 2. The van der Waals surface area contributed by atoms with Gasteiger partial charge in [0, 0.05) is 6.04 Å². The standard InChI is InChI=1S/C18H22FNO/c1-13(2)21-18-11-7-6-10-17(18)20-14(3)12-15-8-4-5-9-16(15)19/h4-11,13-14,20H,12H2,1-3H3. The van der Waals surface area contributed by atoms with Gasteiger partial charge in [0.25, 0.3) is 0 Å². The Morgan fingerprint density at radius 2 is 1.67 bits per heavy atom. The lowest BCUT2D eigenvalue weighted by molar-refractivity contribution is 0.243. The third-order valence-corrected chi connectivity index (χ3v) is 3.14. The molecule has 1 N–H and O–H groups in total. The second kappa shape index (κ2) is 7.11. The Kier molecular flexibility index (Phi) is 5.20. The molecule has 1 atom stereocenters. The number of nitrogens with one attached hydrogen (secondary N) is 1. The van der Waals surface area contributed by atoms with E-state index in [0.717, 1.165) is 17.0 Å². The van der Waals surface area contributed by atoms with E-state index in [1.54, 1.807) is 6.07 Å². The average molecular weight is 287 g/mol. The van der Waals surface area contributed by atoms with Gasteiger partial charge in [-0.1, -0.05) is 30.3 Å². The summed E-state index contributed by atoms with van der Waals surface area (Å²) in [6, 6.07) is 14.8. The van der Waals surface area contributed by atoms with Gasteiger partial charge in [-0.15, -0.1) is 0 Å². The van der Waals surface area contributed by atoms with Crippen LogP contribution in [0, 0.1) is 5.82 Å². The number of anilines is 1. The predicted molar refractivity (Wildman–Crippen MR) is 85.4 cm³/mol. The smallest absolute Gasteiger partial charge is 0.142 e. The van der Waals surface area contributed by atoms with Gasteiger partial charge in [-0.25, -0.2) is 4.39 Å². The van der Waals surface area contributed by atoms with E-state index < -0.39 is 0 Å². The van der Waals surface area contributed by atoms with Crippen LogP contribution in [-0.2, 0) is 6.42 Å². The molecular weight excluding hydrogens is 265 g/mol. The summed E-state index contributed by atoms with van der Waals surface area (Å²) < 4.78 is 19.5. The van der Waals surface area contributed by atoms with E-state index in [1.165, 1.54) is 6.07 Å². The number of ether oxygens (including phenoxy) is 1. The molecule has 2 aromatic carbocycles. The normalized spacial score (nSPS) is 12.2. The molecule has 0 spiro atoms. The summed E-state index contributed by atoms with van der Waals surface area (Å²) in [6.07, 6.45) is 0.748. The van der Waals surface area contributed by atoms with E-state index >= 15 is 0 Å². The monoisotopic (exact) mass is 287 g/mol. The fourth-order valence-corrected chi connectivity index (χ4v) is 2.25. The quantitative estimate of drug-likeness (QED) is 0.834.